The van der Waals surface area contributed by atoms with E-state index in [1.807, 2.05) is 11.6 Å². The zero-order chi connectivity index (χ0) is 18.1. The summed E-state index contributed by atoms with van der Waals surface area (Å²) in [6.07, 6.45) is 0.485. The molecule has 0 aliphatic heterocycles. The molecular weight excluding hydrogens is 347 g/mol. The normalized spacial score (nSPS) is 10.9. The van der Waals surface area contributed by atoms with E-state index in [9.17, 15) is 9.18 Å². The number of fused-ring (bicyclic) bond motifs is 1. The zero-order valence-electron chi connectivity index (χ0n) is 14.0. The van der Waals surface area contributed by atoms with E-state index in [0.717, 1.165) is 5.56 Å². The Morgan fingerprint density at radius 1 is 1.28 bits per heavy atom. The molecule has 130 valence electrons. The number of carbonyl (C=O) groups excluding carboxylic acids is 1. The molecule has 3 rings (SSSR count). The Morgan fingerprint density at radius 2 is 1.96 bits per heavy atom. The molecule has 0 spiro atoms. The van der Waals surface area contributed by atoms with Crippen LogP contribution in [0.1, 0.15) is 21.7 Å². The lowest BCUT2D eigenvalue weighted by atomic mass is 10.1. The third-order valence-electron chi connectivity index (χ3n) is 4.03. The Hall–Kier alpha value is -2.60. The van der Waals surface area contributed by atoms with Crippen LogP contribution in [0.15, 0.2) is 30.3 Å². The van der Waals surface area contributed by atoms with E-state index < -0.39 is 5.97 Å². The minimum Gasteiger partial charge on any atom is -0.493 e. The number of methoxy groups -OCH3 is 2. The molecule has 0 atom stereocenters. The third kappa shape index (κ3) is 3.05. The first kappa shape index (κ1) is 17.2. The standard InChI is InChI=1S/C18H16ClFN2O3/c1-22-14(8-10-4-6-11(20)7-5-10)21-15-16(22)13(19)9-12(17(15)24-2)18(23)25-3/h4-7,9H,8H2,1-3H3. The largest absolute Gasteiger partial charge is 0.493 e. The SMILES string of the molecule is COC(=O)c1cc(Cl)c2c(nc(Cc3ccc(F)cc3)n2C)c1OC. The highest BCUT2D eigenvalue weighted by atomic mass is 35.5. The number of hydrogen-bond donors (Lipinski definition) is 0. The van der Waals surface area contributed by atoms with Crippen LogP contribution in [0.25, 0.3) is 11.0 Å². The third-order valence-corrected chi connectivity index (χ3v) is 4.32. The number of rotatable bonds is 4. The number of ether oxygens (including phenoxy) is 2. The lowest BCUT2D eigenvalue weighted by molar-refractivity contribution is 0.0597. The van der Waals surface area contributed by atoms with Crippen molar-refractivity contribution >= 4 is 28.6 Å². The van der Waals surface area contributed by atoms with E-state index in [-0.39, 0.29) is 11.4 Å². The van der Waals surface area contributed by atoms with E-state index in [1.165, 1.54) is 32.4 Å². The van der Waals surface area contributed by atoms with Crippen LogP contribution in [0.2, 0.25) is 5.02 Å². The second kappa shape index (κ2) is 6.72. The Labute approximate surface area is 148 Å². The Morgan fingerprint density at radius 3 is 2.56 bits per heavy atom. The van der Waals surface area contributed by atoms with Crippen molar-refractivity contribution in [3.05, 3.63) is 58.1 Å². The van der Waals surface area contributed by atoms with E-state index in [4.69, 9.17) is 21.1 Å². The van der Waals surface area contributed by atoms with Gasteiger partial charge < -0.3 is 14.0 Å². The molecule has 0 aliphatic carbocycles. The maximum atomic E-state index is 13.1. The van der Waals surface area contributed by atoms with Gasteiger partial charge in [-0.25, -0.2) is 14.2 Å². The predicted molar refractivity (Wildman–Crippen MR) is 92.8 cm³/mol. The van der Waals surface area contributed by atoms with E-state index in [0.29, 0.717) is 34.1 Å². The van der Waals surface area contributed by atoms with Crippen LogP contribution in [0.4, 0.5) is 4.39 Å². The molecule has 0 saturated carbocycles. The van der Waals surface area contributed by atoms with Crippen LogP contribution < -0.4 is 4.74 Å². The Bertz CT molecular complexity index is 951. The average Bonchev–Trinajstić information content (AvgIpc) is 2.93. The lowest BCUT2D eigenvalue weighted by Gasteiger charge is -2.09. The van der Waals surface area contributed by atoms with Crippen molar-refractivity contribution in [2.24, 2.45) is 7.05 Å². The number of esters is 1. The topological polar surface area (TPSA) is 53.3 Å². The summed E-state index contributed by atoms with van der Waals surface area (Å²) in [6, 6.07) is 7.72. The van der Waals surface area contributed by atoms with Gasteiger partial charge in [0.05, 0.1) is 24.8 Å². The van der Waals surface area contributed by atoms with Gasteiger partial charge in [0.25, 0.3) is 0 Å². The number of nitrogens with zero attached hydrogens (tertiary/aromatic N) is 2. The number of halogens is 2. The number of aryl methyl sites for hydroxylation is 1. The summed E-state index contributed by atoms with van der Waals surface area (Å²) >= 11 is 6.36. The van der Waals surface area contributed by atoms with Crippen molar-refractivity contribution in [1.82, 2.24) is 9.55 Å². The monoisotopic (exact) mass is 362 g/mol. The summed E-state index contributed by atoms with van der Waals surface area (Å²) in [6.45, 7) is 0. The van der Waals surface area contributed by atoms with Gasteiger partial charge in [-0.2, -0.15) is 0 Å². The molecule has 7 heteroatoms. The van der Waals surface area contributed by atoms with Crippen LogP contribution in [-0.2, 0) is 18.2 Å². The summed E-state index contributed by atoms with van der Waals surface area (Å²) < 4.78 is 25.1. The minimum absolute atomic E-state index is 0.217. The molecule has 0 N–H and O–H groups in total. The van der Waals surface area contributed by atoms with E-state index in [2.05, 4.69) is 4.98 Å². The summed E-state index contributed by atoms with van der Waals surface area (Å²) in [7, 11) is 4.58. The molecule has 2 aromatic carbocycles. The summed E-state index contributed by atoms with van der Waals surface area (Å²) in [5, 5.41) is 0.372. The summed E-state index contributed by atoms with van der Waals surface area (Å²) in [4.78, 5) is 16.6. The van der Waals surface area contributed by atoms with E-state index >= 15 is 0 Å². The maximum absolute atomic E-state index is 13.1. The first-order valence-electron chi connectivity index (χ1n) is 7.50. The number of benzene rings is 2. The van der Waals surface area contributed by atoms with Crippen LogP contribution in [0, 0.1) is 5.82 Å². The first-order chi connectivity index (χ1) is 12.0. The molecule has 5 nitrogen and oxygen atoms in total. The van der Waals surface area contributed by atoms with Gasteiger partial charge in [-0.3, -0.25) is 0 Å². The van der Waals surface area contributed by atoms with Crippen molar-refractivity contribution in [2.45, 2.75) is 6.42 Å². The Balaban J connectivity index is 2.16. The fourth-order valence-electron chi connectivity index (χ4n) is 2.78. The summed E-state index contributed by atoms with van der Waals surface area (Å²) in [5.41, 5.74) is 2.26. The second-order valence-electron chi connectivity index (χ2n) is 5.52. The minimum atomic E-state index is -0.550. The predicted octanol–water partition coefficient (Wildman–Crippen LogP) is 3.75. The van der Waals surface area contributed by atoms with Gasteiger partial charge >= 0.3 is 5.97 Å². The molecule has 3 aromatic rings. The molecule has 0 aliphatic rings. The van der Waals surface area contributed by atoms with Gasteiger partial charge in [0, 0.05) is 13.5 Å². The molecule has 1 heterocycles. The van der Waals surface area contributed by atoms with Gasteiger partial charge in [0.2, 0.25) is 0 Å². The van der Waals surface area contributed by atoms with Crippen molar-refractivity contribution < 1.29 is 18.7 Å². The van der Waals surface area contributed by atoms with Crippen LogP contribution in [0.5, 0.6) is 5.75 Å². The highest BCUT2D eigenvalue weighted by molar-refractivity contribution is 6.35. The Kier molecular flexibility index (Phi) is 4.63. The van der Waals surface area contributed by atoms with Crippen LogP contribution in [-0.4, -0.2) is 29.7 Å². The average molecular weight is 363 g/mol. The fraction of sp³-hybridized carbons (Fsp3) is 0.222. The first-order valence-corrected chi connectivity index (χ1v) is 7.88. The zero-order valence-corrected chi connectivity index (χ0v) is 14.7. The molecule has 0 unspecified atom stereocenters. The molecular formula is C18H16ClFN2O3. The van der Waals surface area contributed by atoms with Gasteiger partial charge in [-0.1, -0.05) is 23.7 Å². The molecule has 0 fully saturated rings. The highest BCUT2D eigenvalue weighted by Gasteiger charge is 2.23. The lowest BCUT2D eigenvalue weighted by Crippen LogP contribution is -2.05. The molecule has 1 aromatic heterocycles. The number of imidazole rings is 1. The summed E-state index contributed by atoms with van der Waals surface area (Å²) in [5.74, 6) is 0.184. The van der Waals surface area contributed by atoms with Crippen molar-refractivity contribution in [2.75, 3.05) is 14.2 Å². The molecule has 0 saturated heterocycles. The van der Waals surface area contributed by atoms with Crippen molar-refractivity contribution in [3.8, 4) is 5.75 Å². The number of hydrogen-bond acceptors (Lipinski definition) is 4. The fourth-order valence-corrected chi connectivity index (χ4v) is 3.10. The van der Waals surface area contributed by atoms with Crippen molar-refractivity contribution in [1.29, 1.82) is 0 Å². The highest BCUT2D eigenvalue weighted by Crippen LogP contribution is 2.35. The maximum Gasteiger partial charge on any atom is 0.341 e. The second-order valence-corrected chi connectivity index (χ2v) is 5.93. The number of aromatic nitrogens is 2. The number of carbonyl (C=O) groups is 1. The van der Waals surface area contributed by atoms with Gasteiger partial charge in [-0.15, -0.1) is 0 Å². The van der Waals surface area contributed by atoms with Crippen LogP contribution >= 0.6 is 11.6 Å². The van der Waals surface area contributed by atoms with Gasteiger partial charge in [0.15, 0.2) is 5.75 Å². The van der Waals surface area contributed by atoms with Gasteiger partial charge in [-0.05, 0) is 23.8 Å². The molecule has 0 radical (unpaired) electrons. The smallest absolute Gasteiger partial charge is 0.341 e. The van der Waals surface area contributed by atoms with E-state index in [1.54, 1.807) is 12.1 Å². The molecule has 0 amide bonds. The van der Waals surface area contributed by atoms with Crippen molar-refractivity contribution in [3.63, 3.8) is 0 Å². The quantitative estimate of drug-likeness (QED) is 0.663. The van der Waals surface area contributed by atoms with Crippen LogP contribution in [0.3, 0.4) is 0 Å². The molecule has 0 bridgehead atoms. The molecule has 25 heavy (non-hydrogen) atoms. The van der Waals surface area contributed by atoms with Gasteiger partial charge in [0.1, 0.15) is 22.7 Å².